The topological polar surface area (TPSA) is 46.2 Å². The van der Waals surface area contributed by atoms with Crippen molar-refractivity contribution in [2.45, 2.75) is 25.8 Å². The zero-order valence-electron chi connectivity index (χ0n) is 9.53. The molecule has 1 saturated heterocycles. The number of hydrogen-bond acceptors (Lipinski definition) is 4. The second kappa shape index (κ2) is 6.11. The maximum absolute atomic E-state index is 11.6. The van der Waals surface area contributed by atoms with E-state index in [1.54, 1.807) is 0 Å². The third kappa shape index (κ3) is 4.33. The van der Waals surface area contributed by atoms with Gasteiger partial charge in [0, 0.05) is 17.5 Å². The van der Waals surface area contributed by atoms with Crippen LogP contribution < -0.4 is 5.32 Å². The Labute approximate surface area is 97.3 Å². The van der Waals surface area contributed by atoms with Crippen molar-refractivity contribution in [2.24, 2.45) is 5.92 Å². The lowest BCUT2D eigenvalue weighted by molar-refractivity contribution is 0.443. The molecule has 1 aliphatic rings. The van der Waals surface area contributed by atoms with Gasteiger partial charge in [0.15, 0.2) is 0 Å². The van der Waals surface area contributed by atoms with Gasteiger partial charge in [-0.1, -0.05) is 6.92 Å². The van der Waals surface area contributed by atoms with Crippen LogP contribution in [-0.4, -0.2) is 44.5 Å². The van der Waals surface area contributed by atoms with Crippen molar-refractivity contribution in [3.05, 3.63) is 0 Å². The van der Waals surface area contributed by atoms with Gasteiger partial charge in [0.05, 0.1) is 5.75 Å². The quantitative estimate of drug-likeness (QED) is 0.769. The first-order chi connectivity index (χ1) is 7.09. The molecule has 2 unspecified atom stereocenters. The van der Waals surface area contributed by atoms with E-state index in [1.165, 1.54) is 0 Å². The third-order valence-electron chi connectivity index (χ3n) is 2.88. The molecule has 3 nitrogen and oxygen atoms in total. The number of nitrogens with one attached hydrogen (secondary N) is 1. The standard InChI is InChI=1S/C10H21NO2S2/c1-3-5-15(12,13)6-4-9-7-14-8-10(9)11-2/h9-11H,3-8H2,1-2H3. The number of hydrogen-bond donors (Lipinski definition) is 1. The first-order valence-electron chi connectivity index (χ1n) is 5.54. The molecule has 0 aromatic heterocycles. The van der Waals surface area contributed by atoms with E-state index in [0.29, 0.717) is 23.5 Å². The fourth-order valence-corrected chi connectivity index (χ4v) is 4.96. The Morgan fingerprint density at radius 3 is 2.67 bits per heavy atom. The van der Waals surface area contributed by atoms with Crippen LogP contribution >= 0.6 is 11.8 Å². The lowest BCUT2D eigenvalue weighted by Crippen LogP contribution is -2.33. The van der Waals surface area contributed by atoms with Crippen LogP contribution in [0.2, 0.25) is 0 Å². The van der Waals surface area contributed by atoms with E-state index in [2.05, 4.69) is 5.32 Å². The first-order valence-corrected chi connectivity index (χ1v) is 8.52. The molecule has 0 aromatic carbocycles. The zero-order chi connectivity index (χ0) is 11.3. The van der Waals surface area contributed by atoms with Gasteiger partial charge in [0.1, 0.15) is 9.84 Å². The summed E-state index contributed by atoms with van der Waals surface area (Å²) < 4.78 is 23.1. The predicted molar refractivity (Wildman–Crippen MR) is 67.2 cm³/mol. The maximum Gasteiger partial charge on any atom is 0.150 e. The summed E-state index contributed by atoms with van der Waals surface area (Å²) in [5.41, 5.74) is 0. The van der Waals surface area contributed by atoms with Gasteiger partial charge in [-0.3, -0.25) is 0 Å². The Hall–Kier alpha value is 0.260. The van der Waals surface area contributed by atoms with Gasteiger partial charge in [-0.25, -0.2) is 8.42 Å². The van der Waals surface area contributed by atoms with Crippen molar-refractivity contribution in [2.75, 3.05) is 30.1 Å². The Balaban J connectivity index is 2.36. The fraction of sp³-hybridized carbons (Fsp3) is 1.00. The minimum absolute atomic E-state index is 0.344. The second-order valence-electron chi connectivity index (χ2n) is 4.13. The van der Waals surface area contributed by atoms with Crippen molar-refractivity contribution >= 4 is 21.6 Å². The number of thioether (sulfide) groups is 1. The van der Waals surface area contributed by atoms with E-state index in [0.717, 1.165) is 24.3 Å². The molecule has 1 aliphatic heterocycles. The molecular weight excluding hydrogens is 230 g/mol. The molecule has 0 amide bonds. The molecule has 1 rings (SSSR count). The summed E-state index contributed by atoms with van der Waals surface area (Å²) in [6.45, 7) is 1.92. The van der Waals surface area contributed by atoms with Crippen molar-refractivity contribution in [1.29, 1.82) is 0 Å². The molecule has 1 heterocycles. The highest BCUT2D eigenvalue weighted by Crippen LogP contribution is 2.27. The summed E-state index contributed by atoms with van der Waals surface area (Å²) in [6.07, 6.45) is 1.55. The van der Waals surface area contributed by atoms with Crippen LogP contribution in [0.4, 0.5) is 0 Å². The van der Waals surface area contributed by atoms with E-state index >= 15 is 0 Å². The second-order valence-corrected chi connectivity index (χ2v) is 7.51. The summed E-state index contributed by atoms with van der Waals surface area (Å²) in [5.74, 6) is 3.47. The Bertz CT molecular complexity index is 277. The third-order valence-corrected chi connectivity index (χ3v) is 6.03. The van der Waals surface area contributed by atoms with E-state index in [-0.39, 0.29) is 0 Å². The lowest BCUT2D eigenvalue weighted by Gasteiger charge is -2.17. The normalized spacial score (nSPS) is 27.1. The molecule has 0 radical (unpaired) electrons. The minimum Gasteiger partial charge on any atom is -0.316 e. The van der Waals surface area contributed by atoms with Gasteiger partial charge in [-0.2, -0.15) is 11.8 Å². The van der Waals surface area contributed by atoms with Crippen molar-refractivity contribution in [1.82, 2.24) is 5.32 Å². The van der Waals surface area contributed by atoms with Crippen LogP contribution in [0.1, 0.15) is 19.8 Å². The summed E-state index contributed by atoms with van der Waals surface area (Å²) in [6, 6.07) is 0.506. The minimum atomic E-state index is -2.79. The molecule has 0 aliphatic carbocycles. The Morgan fingerprint density at radius 1 is 1.33 bits per heavy atom. The van der Waals surface area contributed by atoms with Crippen molar-refractivity contribution in [3.8, 4) is 0 Å². The van der Waals surface area contributed by atoms with E-state index in [1.807, 2.05) is 25.7 Å². The molecule has 0 saturated carbocycles. The number of sulfone groups is 1. The monoisotopic (exact) mass is 251 g/mol. The van der Waals surface area contributed by atoms with Gasteiger partial charge in [0.2, 0.25) is 0 Å². The summed E-state index contributed by atoms with van der Waals surface area (Å²) >= 11 is 1.92. The van der Waals surface area contributed by atoms with Crippen LogP contribution in [0.3, 0.4) is 0 Å². The maximum atomic E-state index is 11.6. The predicted octanol–water partition coefficient (Wildman–Crippen LogP) is 1.15. The smallest absolute Gasteiger partial charge is 0.150 e. The molecular formula is C10H21NO2S2. The summed E-state index contributed by atoms with van der Waals surface area (Å²) in [7, 11) is -0.825. The van der Waals surface area contributed by atoms with E-state index < -0.39 is 9.84 Å². The average molecular weight is 251 g/mol. The number of rotatable bonds is 6. The van der Waals surface area contributed by atoms with E-state index in [4.69, 9.17) is 0 Å². The first kappa shape index (κ1) is 13.3. The Morgan fingerprint density at radius 2 is 2.07 bits per heavy atom. The SMILES string of the molecule is CCCS(=O)(=O)CCC1CSCC1NC. The highest BCUT2D eigenvalue weighted by atomic mass is 32.2. The molecule has 15 heavy (non-hydrogen) atoms. The lowest BCUT2D eigenvalue weighted by atomic mass is 10.0. The highest BCUT2D eigenvalue weighted by molar-refractivity contribution is 7.99. The van der Waals surface area contributed by atoms with Gasteiger partial charge >= 0.3 is 0 Å². The van der Waals surface area contributed by atoms with Gasteiger partial charge in [-0.15, -0.1) is 0 Å². The molecule has 1 N–H and O–H groups in total. The highest BCUT2D eigenvalue weighted by Gasteiger charge is 2.27. The van der Waals surface area contributed by atoms with Crippen LogP contribution in [-0.2, 0) is 9.84 Å². The van der Waals surface area contributed by atoms with Gasteiger partial charge < -0.3 is 5.32 Å². The molecule has 1 fully saturated rings. The molecule has 2 atom stereocenters. The van der Waals surface area contributed by atoms with Gasteiger partial charge in [0.25, 0.3) is 0 Å². The average Bonchev–Trinajstić information content (AvgIpc) is 2.62. The largest absolute Gasteiger partial charge is 0.316 e. The van der Waals surface area contributed by atoms with E-state index in [9.17, 15) is 8.42 Å². The van der Waals surface area contributed by atoms with Crippen LogP contribution in [0.25, 0.3) is 0 Å². The van der Waals surface area contributed by atoms with Crippen LogP contribution in [0.5, 0.6) is 0 Å². The van der Waals surface area contributed by atoms with Crippen molar-refractivity contribution in [3.63, 3.8) is 0 Å². The zero-order valence-corrected chi connectivity index (χ0v) is 11.2. The molecule has 90 valence electrons. The molecule has 0 bridgehead atoms. The van der Waals surface area contributed by atoms with Gasteiger partial charge in [-0.05, 0) is 31.6 Å². The summed E-state index contributed by atoms with van der Waals surface area (Å²) in [4.78, 5) is 0. The fourth-order valence-electron chi connectivity index (χ4n) is 1.95. The van der Waals surface area contributed by atoms with Crippen molar-refractivity contribution < 1.29 is 8.42 Å². The van der Waals surface area contributed by atoms with Crippen LogP contribution in [0, 0.1) is 5.92 Å². The molecule has 0 aromatic rings. The Kier molecular flexibility index (Phi) is 5.43. The van der Waals surface area contributed by atoms with Crippen LogP contribution in [0.15, 0.2) is 0 Å². The summed E-state index contributed by atoms with van der Waals surface area (Å²) in [5, 5.41) is 3.27. The molecule has 0 spiro atoms. The molecule has 5 heteroatoms.